The minimum Gasteiger partial charge on any atom is -0.366 e. The van der Waals surface area contributed by atoms with Gasteiger partial charge in [0.2, 0.25) is 5.91 Å². The molecule has 0 saturated heterocycles. The van der Waals surface area contributed by atoms with E-state index in [1.165, 1.54) is 11.1 Å². The number of nitrogens with zero attached hydrogens (tertiary/aromatic N) is 1. The maximum absolute atomic E-state index is 13.1. The van der Waals surface area contributed by atoms with Crippen LogP contribution in [0.3, 0.4) is 0 Å². The van der Waals surface area contributed by atoms with Crippen LogP contribution in [0.25, 0.3) is 0 Å². The van der Waals surface area contributed by atoms with Gasteiger partial charge < -0.3 is 15.5 Å². The van der Waals surface area contributed by atoms with Gasteiger partial charge in [-0.2, -0.15) is 0 Å². The molecule has 1 aliphatic heterocycles. The average molecular weight is 408 g/mol. The summed E-state index contributed by atoms with van der Waals surface area (Å²) < 4.78 is 0. The average Bonchev–Trinajstić information content (AvgIpc) is 2.77. The molecule has 1 aliphatic rings. The molecule has 0 fully saturated rings. The Labute approximate surface area is 179 Å². The number of nitrogens with one attached hydrogen (secondary N) is 2. The van der Waals surface area contributed by atoms with Crippen LogP contribution in [0.1, 0.15) is 67.9 Å². The molecule has 2 aromatic rings. The molecule has 3 rings (SSSR count). The first-order valence-electron chi connectivity index (χ1n) is 11.1. The summed E-state index contributed by atoms with van der Waals surface area (Å²) in [6.45, 7) is 7.77. The number of fused-ring (bicyclic) bond motifs is 1. The number of amides is 2. The van der Waals surface area contributed by atoms with E-state index >= 15 is 0 Å². The Morgan fingerprint density at radius 2 is 1.87 bits per heavy atom. The molecule has 1 unspecified atom stereocenters. The third-order valence-corrected chi connectivity index (χ3v) is 5.74. The second-order valence-electron chi connectivity index (χ2n) is 8.11. The highest BCUT2D eigenvalue weighted by atomic mass is 16.2. The molecule has 160 valence electrons. The first-order valence-corrected chi connectivity index (χ1v) is 11.1. The zero-order valence-corrected chi connectivity index (χ0v) is 18.3. The third kappa shape index (κ3) is 5.41. The van der Waals surface area contributed by atoms with Crippen molar-refractivity contribution < 1.29 is 9.59 Å². The van der Waals surface area contributed by atoms with Gasteiger partial charge in [-0.15, -0.1) is 0 Å². The molecule has 0 aliphatic carbocycles. The van der Waals surface area contributed by atoms with Gasteiger partial charge in [-0.05, 0) is 55.5 Å². The third-order valence-electron chi connectivity index (χ3n) is 5.74. The van der Waals surface area contributed by atoms with E-state index < -0.39 is 0 Å². The number of benzene rings is 2. The van der Waals surface area contributed by atoms with Crippen LogP contribution >= 0.6 is 0 Å². The van der Waals surface area contributed by atoms with Gasteiger partial charge in [-0.25, -0.2) is 0 Å². The van der Waals surface area contributed by atoms with Crippen LogP contribution in [-0.2, 0) is 17.8 Å². The molecule has 0 bridgehead atoms. The molecule has 2 amide bonds. The van der Waals surface area contributed by atoms with E-state index in [4.69, 9.17) is 0 Å². The van der Waals surface area contributed by atoms with Gasteiger partial charge in [0.15, 0.2) is 0 Å². The number of carbonyl (C=O) groups is 2. The van der Waals surface area contributed by atoms with Crippen molar-refractivity contribution in [1.29, 1.82) is 0 Å². The highest BCUT2D eigenvalue weighted by Gasteiger charge is 2.22. The van der Waals surface area contributed by atoms with E-state index in [0.29, 0.717) is 17.7 Å². The minimum absolute atomic E-state index is 0.00946. The van der Waals surface area contributed by atoms with Crippen molar-refractivity contribution in [1.82, 2.24) is 5.32 Å². The Morgan fingerprint density at radius 1 is 1.10 bits per heavy atom. The number of hydrogen-bond donors (Lipinski definition) is 2. The highest BCUT2D eigenvalue weighted by Crippen LogP contribution is 2.30. The van der Waals surface area contributed by atoms with Crippen LogP contribution in [0.2, 0.25) is 0 Å². The lowest BCUT2D eigenvalue weighted by atomic mass is 9.98. The SMILES string of the molecule is CCCCC(=O)Nc1ccc(N2CCc3ccccc3C2)c(C(=O)NC(C)CC)c1. The van der Waals surface area contributed by atoms with E-state index in [1.54, 1.807) is 0 Å². The molecule has 2 aromatic carbocycles. The summed E-state index contributed by atoms with van der Waals surface area (Å²) in [6.07, 6.45) is 4.16. The van der Waals surface area contributed by atoms with Crippen LogP contribution in [0.4, 0.5) is 11.4 Å². The Hall–Kier alpha value is -2.82. The van der Waals surface area contributed by atoms with E-state index in [1.807, 2.05) is 25.1 Å². The summed E-state index contributed by atoms with van der Waals surface area (Å²) in [6, 6.07) is 14.3. The number of carbonyl (C=O) groups excluding carboxylic acids is 2. The fourth-order valence-electron chi connectivity index (χ4n) is 3.74. The van der Waals surface area contributed by atoms with Crippen molar-refractivity contribution >= 4 is 23.2 Å². The first-order chi connectivity index (χ1) is 14.5. The van der Waals surface area contributed by atoms with Crippen molar-refractivity contribution in [3.8, 4) is 0 Å². The Kier molecular flexibility index (Phi) is 7.50. The van der Waals surface area contributed by atoms with E-state index in [9.17, 15) is 9.59 Å². The fraction of sp³-hybridized carbons (Fsp3) is 0.440. The second-order valence-corrected chi connectivity index (χ2v) is 8.11. The molecule has 0 spiro atoms. The molecule has 0 aromatic heterocycles. The zero-order chi connectivity index (χ0) is 21.5. The first kappa shape index (κ1) is 21.9. The van der Waals surface area contributed by atoms with Gasteiger partial charge in [0.25, 0.3) is 5.91 Å². The van der Waals surface area contributed by atoms with Gasteiger partial charge in [0.05, 0.1) is 5.56 Å². The van der Waals surface area contributed by atoms with Crippen molar-refractivity contribution in [2.24, 2.45) is 0 Å². The summed E-state index contributed by atoms with van der Waals surface area (Å²) >= 11 is 0. The van der Waals surface area contributed by atoms with Crippen LogP contribution in [0.5, 0.6) is 0 Å². The topological polar surface area (TPSA) is 61.4 Å². The monoisotopic (exact) mass is 407 g/mol. The van der Waals surface area contributed by atoms with Crippen LogP contribution in [0, 0.1) is 0 Å². The zero-order valence-electron chi connectivity index (χ0n) is 18.3. The molecule has 30 heavy (non-hydrogen) atoms. The largest absolute Gasteiger partial charge is 0.366 e. The predicted molar refractivity (Wildman–Crippen MR) is 123 cm³/mol. The summed E-state index contributed by atoms with van der Waals surface area (Å²) in [5.41, 5.74) is 4.87. The summed E-state index contributed by atoms with van der Waals surface area (Å²) in [5.74, 6) is -0.104. The number of hydrogen-bond acceptors (Lipinski definition) is 3. The normalized spacial score (nSPS) is 14.0. The lowest BCUT2D eigenvalue weighted by Crippen LogP contribution is -2.35. The van der Waals surface area contributed by atoms with Gasteiger partial charge >= 0.3 is 0 Å². The van der Waals surface area contributed by atoms with Gasteiger partial charge in [-0.3, -0.25) is 9.59 Å². The minimum atomic E-state index is -0.0946. The summed E-state index contributed by atoms with van der Waals surface area (Å²) in [4.78, 5) is 27.5. The maximum Gasteiger partial charge on any atom is 0.253 e. The van der Waals surface area contributed by atoms with Crippen LogP contribution < -0.4 is 15.5 Å². The molecule has 5 heteroatoms. The van der Waals surface area contributed by atoms with E-state index in [0.717, 1.165) is 44.5 Å². The molecular weight excluding hydrogens is 374 g/mol. The van der Waals surface area contributed by atoms with E-state index in [2.05, 4.69) is 53.6 Å². The van der Waals surface area contributed by atoms with Gasteiger partial charge in [0, 0.05) is 36.9 Å². The number of anilines is 2. The molecule has 0 radical (unpaired) electrons. The Morgan fingerprint density at radius 3 is 2.60 bits per heavy atom. The maximum atomic E-state index is 13.1. The van der Waals surface area contributed by atoms with Crippen LogP contribution in [-0.4, -0.2) is 24.4 Å². The Balaban J connectivity index is 1.87. The van der Waals surface area contributed by atoms with E-state index in [-0.39, 0.29) is 17.9 Å². The quantitative estimate of drug-likeness (QED) is 0.654. The highest BCUT2D eigenvalue weighted by molar-refractivity contribution is 6.02. The molecule has 1 atom stereocenters. The lowest BCUT2D eigenvalue weighted by Gasteiger charge is -2.32. The molecular formula is C25H33N3O2. The van der Waals surface area contributed by atoms with Crippen molar-refractivity contribution in [3.05, 3.63) is 59.2 Å². The fourth-order valence-corrected chi connectivity index (χ4v) is 3.74. The summed E-state index contributed by atoms with van der Waals surface area (Å²) in [5, 5.41) is 6.03. The molecule has 1 heterocycles. The molecule has 5 nitrogen and oxygen atoms in total. The van der Waals surface area contributed by atoms with Gasteiger partial charge in [-0.1, -0.05) is 44.5 Å². The standard InChI is InChI=1S/C25H33N3O2/c1-4-6-11-24(29)27-21-12-13-23(22(16-21)25(30)26-18(3)5-2)28-15-14-19-9-7-8-10-20(19)17-28/h7-10,12-13,16,18H,4-6,11,14-15,17H2,1-3H3,(H,26,30)(H,27,29). The Bertz CT molecular complexity index is 894. The second kappa shape index (κ2) is 10.3. The lowest BCUT2D eigenvalue weighted by molar-refractivity contribution is -0.116. The molecule has 2 N–H and O–H groups in total. The van der Waals surface area contributed by atoms with Crippen molar-refractivity contribution in [3.63, 3.8) is 0 Å². The van der Waals surface area contributed by atoms with Crippen LogP contribution in [0.15, 0.2) is 42.5 Å². The molecule has 0 saturated carbocycles. The van der Waals surface area contributed by atoms with Gasteiger partial charge in [0.1, 0.15) is 0 Å². The number of unbranched alkanes of at least 4 members (excludes halogenated alkanes) is 1. The smallest absolute Gasteiger partial charge is 0.253 e. The predicted octanol–water partition coefficient (Wildman–Crippen LogP) is 4.91. The summed E-state index contributed by atoms with van der Waals surface area (Å²) in [7, 11) is 0. The number of rotatable bonds is 8. The van der Waals surface area contributed by atoms with Crippen molar-refractivity contribution in [2.75, 3.05) is 16.8 Å². The van der Waals surface area contributed by atoms with Crippen molar-refractivity contribution in [2.45, 2.75) is 65.5 Å².